The zero-order chi connectivity index (χ0) is 14.0. The van der Waals surface area contributed by atoms with Crippen LogP contribution in [-0.4, -0.2) is 16.1 Å². The van der Waals surface area contributed by atoms with Gasteiger partial charge < -0.3 is 16.2 Å². The summed E-state index contributed by atoms with van der Waals surface area (Å²) in [5, 5.41) is 11.7. The molecule has 7 heteroatoms. The molecule has 4 N–H and O–H groups in total. The lowest BCUT2D eigenvalue weighted by Gasteiger charge is -2.11. The van der Waals surface area contributed by atoms with E-state index < -0.39 is 11.8 Å². The minimum Gasteiger partial charge on any atom is -0.478 e. The zero-order valence-electron chi connectivity index (χ0n) is 9.52. The fourth-order valence-electron chi connectivity index (χ4n) is 1.48. The van der Waals surface area contributed by atoms with Crippen molar-refractivity contribution < 1.29 is 14.3 Å². The van der Waals surface area contributed by atoms with Gasteiger partial charge in [-0.25, -0.2) is 14.2 Å². The van der Waals surface area contributed by atoms with Crippen LogP contribution in [0.4, 0.5) is 21.6 Å². The maximum Gasteiger partial charge on any atom is 0.337 e. The third-order valence-corrected chi connectivity index (χ3v) is 3.09. The number of carboxylic acids is 1. The number of carboxylic acid groups (broad SMARTS) is 1. The molecule has 2 aromatic rings. The molecule has 0 saturated heterocycles. The van der Waals surface area contributed by atoms with Gasteiger partial charge in [-0.3, -0.25) is 0 Å². The summed E-state index contributed by atoms with van der Waals surface area (Å²) in [6.45, 7) is 0. The average Bonchev–Trinajstić information content (AvgIpc) is 2.36. The van der Waals surface area contributed by atoms with Crippen LogP contribution in [0.1, 0.15) is 10.4 Å². The van der Waals surface area contributed by atoms with Crippen molar-refractivity contribution in [3.8, 4) is 0 Å². The summed E-state index contributed by atoms with van der Waals surface area (Å²) in [4.78, 5) is 14.9. The molecule has 0 fully saturated rings. The number of halogens is 2. The summed E-state index contributed by atoms with van der Waals surface area (Å²) in [6, 6.07) is 5.36. The van der Waals surface area contributed by atoms with Gasteiger partial charge in [-0.15, -0.1) is 0 Å². The van der Waals surface area contributed by atoms with Gasteiger partial charge in [-0.05, 0) is 40.2 Å². The Morgan fingerprint density at radius 1 is 1.42 bits per heavy atom. The molecule has 0 unspecified atom stereocenters. The molecule has 98 valence electrons. The van der Waals surface area contributed by atoms with E-state index in [-0.39, 0.29) is 17.1 Å². The van der Waals surface area contributed by atoms with Gasteiger partial charge in [-0.1, -0.05) is 0 Å². The van der Waals surface area contributed by atoms with Gasteiger partial charge in [0, 0.05) is 10.7 Å². The van der Waals surface area contributed by atoms with Crippen molar-refractivity contribution >= 4 is 39.1 Å². The highest BCUT2D eigenvalue weighted by molar-refractivity contribution is 9.10. The molecule has 1 aromatic heterocycles. The monoisotopic (exact) mass is 325 g/mol. The van der Waals surface area contributed by atoms with Gasteiger partial charge in [0.2, 0.25) is 0 Å². The molecule has 0 bridgehead atoms. The third kappa shape index (κ3) is 2.82. The van der Waals surface area contributed by atoms with Crippen LogP contribution in [-0.2, 0) is 0 Å². The molecule has 0 atom stereocenters. The maximum absolute atomic E-state index is 13.2. The summed E-state index contributed by atoms with van der Waals surface area (Å²) in [5.74, 6) is -1.42. The largest absolute Gasteiger partial charge is 0.478 e. The highest BCUT2D eigenvalue weighted by Gasteiger charge is 2.13. The van der Waals surface area contributed by atoms with Crippen LogP contribution in [0.2, 0.25) is 0 Å². The Morgan fingerprint density at radius 2 is 2.16 bits per heavy atom. The van der Waals surface area contributed by atoms with Crippen molar-refractivity contribution in [1.29, 1.82) is 0 Å². The number of pyridine rings is 1. The van der Waals surface area contributed by atoms with E-state index in [1.54, 1.807) is 0 Å². The molecule has 0 spiro atoms. The van der Waals surface area contributed by atoms with Crippen molar-refractivity contribution in [2.45, 2.75) is 0 Å². The van der Waals surface area contributed by atoms with Crippen molar-refractivity contribution in [1.82, 2.24) is 4.98 Å². The normalized spacial score (nSPS) is 10.2. The molecule has 0 saturated carbocycles. The van der Waals surface area contributed by atoms with Gasteiger partial charge >= 0.3 is 5.97 Å². The van der Waals surface area contributed by atoms with Crippen LogP contribution in [0.25, 0.3) is 0 Å². The molecule has 0 aliphatic heterocycles. The number of benzene rings is 1. The van der Waals surface area contributed by atoms with Crippen molar-refractivity contribution in [2.24, 2.45) is 0 Å². The Kier molecular flexibility index (Phi) is 3.66. The van der Waals surface area contributed by atoms with Gasteiger partial charge in [0.15, 0.2) is 5.82 Å². The number of carbonyl (C=O) groups is 1. The predicted octanol–water partition coefficient (Wildman–Crippen LogP) is 3.01. The van der Waals surface area contributed by atoms with Crippen LogP contribution in [0.5, 0.6) is 0 Å². The molecule has 2 rings (SSSR count). The Bertz CT molecular complexity index is 649. The van der Waals surface area contributed by atoms with Gasteiger partial charge in [0.1, 0.15) is 5.82 Å². The number of nitrogens with zero attached hydrogens (tertiary/aromatic N) is 1. The standard InChI is InChI=1S/C12H9BrFN3O2/c13-8-2-1-6(14)5-9(8)17-11-10(15)7(12(18)19)3-4-16-11/h1-5H,15H2,(H,16,17)(H,18,19). The van der Waals surface area contributed by atoms with E-state index in [2.05, 4.69) is 26.2 Å². The van der Waals surface area contributed by atoms with E-state index in [4.69, 9.17) is 10.8 Å². The van der Waals surface area contributed by atoms with Crippen molar-refractivity contribution in [2.75, 3.05) is 11.1 Å². The smallest absolute Gasteiger partial charge is 0.337 e. The zero-order valence-corrected chi connectivity index (χ0v) is 11.1. The molecule has 0 radical (unpaired) electrons. The van der Waals surface area contributed by atoms with Crippen LogP contribution in [0.15, 0.2) is 34.9 Å². The molecule has 1 heterocycles. The molecule has 5 nitrogen and oxygen atoms in total. The quantitative estimate of drug-likeness (QED) is 0.807. The van der Waals surface area contributed by atoms with Crippen molar-refractivity contribution in [3.63, 3.8) is 0 Å². The second kappa shape index (κ2) is 5.23. The maximum atomic E-state index is 13.2. The summed E-state index contributed by atoms with van der Waals surface area (Å²) in [5.41, 5.74) is 6.04. The first-order chi connectivity index (χ1) is 8.99. The first-order valence-electron chi connectivity index (χ1n) is 5.19. The predicted molar refractivity (Wildman–Crippen MR) is 73.0 cm³/mol. The number of nitrogen functional groups attached to an aromatic ring is 1. The average molecular weight is 326 g/mol. The highest BCUT2D eigenvalue weighted by atomic mass is 79.9. The van der Waals surface area contributed by atoms with Gasteiger partial charge in [-0.2, -0.15) is 0 Å². The number of aromatic nitrogens is 1. The molecule has 0 aliphatic carbocycles. The number of hydrogen-bond acceptors (Lipinski definition) is 4. The van der Waals surface area contributed by atoms with E-state index in [9.17, 15) is 9.18 Å². The first kappa shape index (κ1) is 13.3. The summed E-state index contributed by atoms with van der Waals surface area (Å²) in [6.07, 6.45) is 1.31. The van der Waals surface area contributed by atoms with Crippen molar-refractivity contribution in [3.05, 3.63) is 46.3 Å². The number of nitrogens with one attached hydrogen (secondary N) is 1. The lowest BCUT2D eigenvalue weighted by Crippen LogP contribution is -2.07. The Morgan fingerprint density at radius 3 is 2.84 bits per heavy atom. The second-order valence-corrected chi connectivity index (χ2v) is 4.53. The minimum atomic E-state index is -1.15. The number of nitrogens with two attached hydrogens (primary N) is 1. The molecular formula is C12H9BrFN3O2. The van der Waals surface area contributed by atoms with Gasteiger partial charge in [0.25, 0.3) is 0 Å². The van der Waals surface area contributed by atoms with E-state index in [0.717, 1.165) is 0 Å². The minimum absolute atomic E-state index is 0.00818. The van der Waals surface area contributed by atoms with Crippen LogP contribution in [0, 0.1) is 5.82 Å². The Balaban J connectivity index is 2.41. The number of anilines is 3. The topological polar surface area (TPSA) is 88.2 Å². The number of aromatic carboxylic acids is 1. The summed E-state index contributed by atoms with van der Waals surface area (Å²) < 4.78 is 13.8. The second-order valence-electron chi connectivity index (χ2n) is 3.68. The SMILES string of the molecule is Nc1c(C(=O)O)ccnc1Nc1cc(F)ccc1Br. The lowest BCUT2D eigenvalue weighted by atomic mass is 10.2. The molecule has 19 heavy (non-hydrogen) atoms. The van der Waals surface area contributed by atoms with E-state index in [1.165, 1.54) is 30.5 Å². The van der Waals surface area contributed by atoms with Crippen LogP contribution in [0.3, 0.4) is 0 Å². The first-order valence-corrected chi connectivity index (χ1v) is 5.98. The molecule has 0 aliphatic rings. The van der Waals surface area contributed by atoms with E-state index in [0.29, 0.717) is 10.2 Å². The molecule has 1 aromatic carbocycles. The highest BCUT2D eigenvalue weighted by Crippen LogP contribution is 2.29. The van der Waals surface area contributed by atoms with Crippen LogP contribution < -0.4 is 11.1 Å². The third-order valence-electron chi connectivity index (χ3n) is 2.40. The summed E-state index contributed by atoms with van der Waals surface area (Å²) in [7, 11) is 0. The summed E-state index contributed by atoms with van der Waals surface area (Å²) >= 11 is 3.25. The number of rotatable bonds is 3. The Labute approximate surface area is 116 Å². The number of hydrogen-bond donors (Lipinski definition) is 3. The molecular weight excluding hydrogens is 317 g/mol. The molecule has 0 amide bonds. The van der Waals surface area contributed by atoms with Crippen LogP contribution >= 0.6 is 15.9 Å². The Hall–Kier alpha value is -2.15. The van der Waals surface area contributed by atoms with Gasteiger partial charge in [0.05, 0.1) is 16.9 Å². The fourth-order valence-corrected chi connectivity index (χ4v) is 1.83. The lowest BCUT2D eigenvalue weighted by molar-refractivity contribution is 0.0698. The van der Waals surface area contributed by atoms with E-state index in [1.807, 2.05) is 0 Å². The van der Waals surface area contributed by atoms with E-state index >= 15 is 0 Å². The fraction of sp³-hybridized carbons (Fsp3) is 0.